The van der Waals surface area contributed by atoms with Crippen LogP contribution in [0.2, 0.25) is 0 Å². The summed E-state index contributed by atoms with van der Waals surface area (Å²) in [5, 5.41) is 5.34. The van der Waals surface area contributed by atoms with Crippen LogP contribution in [0.5, 0.6) is 5.75 Å². The molecule has 1 aliphatic heterocycles. The smallest absolute Gasteiger partial charge is 0.231 e. The van der Waals surface area contributed by atoms with E-state index in [-0.39, 0.29) is 0 Å². The van der Waals surface area contributed by atoms with Crippen LogP contribution in [0.4, 0.5) is 17.3 Å². The van der Waals surface area contributed by atoms with Crippen LogP contribution >= 0.6 is 0 Å². The zero-order valence-electron chi connectivity index (χ0n) is 18.2. The van der Waals surface area contributed by atoms with Crippen LogP contribution in [0.25, 0.3) is 27.8 Å². The molecular formula is C24H23N7O2. The Labute approximate surface area is 190 Å². The summed E-state index contributed by atoms with van der Waals surface area (Å²) in [4.78, 5) is 19.3. The number of nitrogens with one attached hydrogen (secondary N) is 2. The fraction of sp³-hybridized carbons (Fsp3) is 0.208. The first-order valence-electron chi connectivity index (χ1n) is 10.8. The molecule has 0 spiro atoms. The number of hydrogen-bond donors (Lipinski definition) is 2. The molecule has 1 fully saturated rings. The Kier molecular flexibility index (Phi) is 4.80. The van der Waals surface area contributed by atoms with Gasteiger partial charge in [-0.25, -0.2) is 0 Å². The fourth-order valence-corrected chi connectivity index (χ4v) is 4.25. The molecule has 5 aromatic rings. The molecule has 9 heteroatoms. The first kappa shape index (κ1) is 19.6. The predicted molar refractivity (Wildman–Crippen MR) is 128 cm³/mol. The van der Waals surface area contributed by atoms with E-state index in [1.54, 1.807) is 13.3 Å². The van der Waals surface area contributed by atoms with Gasteiger partial charge in [-0.1, -0.05) is 0 Å². The number of hydrogen-bond acceptors (Lipinski definition) is 7. The number of nitrogens with zero attached hydrogens (tertiary/aromatic N) is 5. The van der Waals surface area contributed by atoms with Crippen LogP contribution in [0.1, 0.15) is 0 Å². The second-order valence-corrected chi connectivity index (χ2v) is 7.84. The third-order valence-corrected chi connectivity index (χ3v) is 5.92. The standard InChI is InChI=1S/C24H23N7O2/c1-32-21-14-17(30-10-12-33-13-11-30)2-3-19(21)27-24-28-22-18(4-8-26-22)23(29-24)31-9-6-16-15-25-7-5-20(16)31/h2-9,14-15H,10-13H2,1H3,(H2,26,27,28,29). The summed E-state index contributed by atoms with van der Waals surface area (Å²) in [6.45, 7) is 3.21. The Hall–Kier alpha value is -4.11. The largest absolute Gasteiger partial charge is 0.494 e. The van der Waals surface area contributed by atoms with Crippen molar-refractivity contribution in [3.63, 3.8) is 0 Å². The highest BCUT2D eigenvalue weighted by molar-refractivity contribution is 5.89. The van der Waals surface area contributed by atoms with Crippen LogP contribution in [-0.4, -0.2) is 57.9 Å². The van der Waals surface area contributed by atoms with Gasteiger partial charge in [0.1, 0.15) is 11.4 Å². The summed E-state index contributed by atoms with van der Waals surface area (Å²) in [5.74, 6) is 2.00. The van der Waals surface area contributed by atoms with Gasteiger partial charge >= 0.3 is 0 Å². The molecule has 1 saturated heterocycles. The molecule has 9 nitrogen and oxygen atoms in total. The number of fused-ring (bicyclic) bond motifs is 2. The molecule has 4 aromatic heterocycles. The van der Waals surface area contributed by atoms with Crippen LogP contribution in [-0.2, 0) is 4.74 Å². The van der Waals surface area contributed by atoms with Crippen LogP contribution in [0, 0.1) is 0 Å². The second kappa shape index (κ2) is 8.10. The summed E-state index contributed by atoms with van der Waals surface area (Å²) in [6.07, 6.45) is 7.51. The molecule has 2 N–H and O–H groups in total. The van der Waals surface area contributed by atoms with E-state index in [1.807, 2.05) is 48.9 Å². The maximum absolute atomic E-state index is 5.69. The Morgan fingerprint density at radius 3 is 2.88 bits per heavy atom. The third-order valence-electron chi connectivity index (χ3n) is 5.92. The van der Waals surface area contributed by atoms with Crippen molar-refractivity contribution in [2.45, 2.75) is 0 Å². The van der Waals surface area contributed by atoms with Gasteiger partial charge in [-0.15, -0.1) is 0 Å². The molecule has 0 amide bonds. The third kappa shape index (κ3) is 3.52. The van der Waals surface area contributed by atoms with E-state index < -0.39 is 0 Å². The molecule has 1 aromatic carbocycles. The van der Waals surface area contributed by atoms with Gasteiger partial charge in [0.05, 0.1) is 36.9 Å². The number of aromatic amines is 1. The lowest BCUT2D eigenvalue weighted by Gasteiger charge is -2.29. The maximum atomic E-state index is 5.69. The summed E-state index contributed by atoms with van der Waals surface area (Å²) < 4.78 is 13.2. The average Bonchev–Trinajstić information content (AvgIpc) is 3.51. The highest BCUT2D eigenvalue weighted by Gasteiger charge is 2.16. The molecule has 6 rings (SSSR count). The number of methoxy groups -OCH3 is 1. The molecular weight excluding hydrogens is 418 g/mol. The molecule has 0 atom stereocenters. The SMILES string of the molecule is COc1cc(N2CCOCC2)ccc1Nc1nc(-n2ccc3cnccc32)c2cc[nH]c2n1. The van der Waals surface area contributed by atoms with E-state index in [9.17, 15) is 0 Å². The van der Waals surface area contributed by atoms with Crippen LogP contribution in [0.15, 0.2) is 61.2 Å². The number of benzene rings is 1. The molecule has 1 aliphatic rings. The number of anilines is 3. The Balaban J connectivity index is 1.39. The fourth-order valence-electron chi connectivity index (χ4n) is 4.25. The zero-order valence-corrected chi connectivity index (χ0v) is 18.2. The molecule has 0 bridgehead atoms. The quantitative estimate of drug-likeness (QED) is 0.427. The number of H-pyrrole nitrogens is 1. The molecule has 0 saturated carbocycles. The first-order valence-corrected chi connectivity index (χ1v) is 10.8. The highest BCUT2D eigenvalue weighted by Crippen LogP contribution is 2.33. The van der Waals surface area contributed by atoms with E-state index in [1.165, 1.54) is 0 Å². The average molecular weight is 441 g/mol. The van der Waals surface area contributed by atoms with Crippen molar-refractivity contribution < 1.29 is 9.47 Å². The number of ether oxygens (including phenoxy) is 2. The van der Waals surface area contributed by atoms with Crippen molar-refractivity contribution in [1.29, 1.82) is 0 Å². The lowest BCUT2D eigenvalue weighted by Crippen LogP contribution is -2.36. The van der Waals surface area contributed by atoms with E-state index in [4.69, 9.17) is 14.5 Å². The van der Waals surface area contributed by atoms with E-state index in [0.29, 0.717) is 5.95 Å². The number of aromatic nitrogens is 5. The van der Waals surface area contributed by atoms with Gasteiger partial charge in [0.25, 0.3) is 0 Å². The number of morpholine rings is 1. The summed E-state index contributed by atoms with van der Waals surface area (Å²) in [5.41, 5.74) is 3.69. The lowest BCUT2D eigenvalue weighted by molar-refractivity contribution is 0.122. The summed E-state index contributed by atoms with van der Waals surface area (Å²) >= 11 is 0. The topological polar surface area (TPSA) is 93.1 Å². The minimum atomic E-state index is 0.480. The van der Waals surface area contributed by atoms with Gasteiger partial charge < -0.3 is 29.2 Å². The molecule has 0 unspecified atom stereocenters. The Morgan fingerprint density at radius 2 is 2.00 bits per heavy atom. The summed E-state index contributed by atoms with van der Waals surface area (Å²) in [6, 6.07) is 12.1. The van der Waals surface area contributed by atoms with Gasteiger partial charge in [-0.05, 0) is 30.3 Å². The first-order chi connectivity index (χ1) is 16.3. The normalized spacial score (nSPS) is 14.2. The van der Waals surface area contributed by atoms with Crippen molar-refractivity contribution >= 4 is 39.3 Å². The molecule has 5 heterocycles. The minimum Gasteiger partial charge on any atom is -0.494 e. The molecule has 0 aliphatic carbocycles. The Bertz CT molecular complexity index is 1440. The van der Waals surface area contributed by atoms with Crippen molar-refractivity contribution in [2.75, 3.05) is 43.6 Å². The van der Waals surface area contributed by atoms with Gasteiger partial charge in [-0.3, -0.25) is 4.98 Å². The van der Waals surface area contributed by atoms with Crippen LogP contribution in [0.3, 0.4) is 0 Å². The van der Waals surface area contributed by atoms with Gasteiger partial charge in [0.2, 0.25) is 5.95 Å². The monoisotopic (exact) mass is 441 g/mol. The van der Waals surface area contributed by atoms with Gasteiger partial charge in [-0.2, -0.15) is 9.97 Å². The molecule has 166 valence electrons. The highest BCUT2D eigenvalue weighted by atomic mass is 16.5. The van der Waals surface area contributed by atoms with Gasteiger partial charge in [0, 0.05) is 55.0 Å². The van der Waals surface area contributed by atoms with Crippen molar-refractivity contribution in [2.24, 2.45) is 0 Å². The van der Waals surface area contributed by atoms with Crippen molar-refractivity contribution in [3.05, 3.63) is 61.2 Å². The lowest BCUT2D eigenvalue weighted by atomic mass is 10.2. The second-order valence-electron chi connectivity index (χ2n) is 7.84. The van der Waals surface area contributed by atoms with Gasteiger partial charge in [0.15, 0.2) is 5.82 Å². The Morgan fingerprint density at radius 1 is 1.09 bits per heavy atom. The van der Waals surface area contributed by atoms with Crippen molar-refractivity contribution in [1.82, 2.24) is 24.5 Å². The molecule has 0 radical (unpaired) electrons. The van der Waals surface area contributed by atoms with Crippen LogP contribution < -0.4 is 15.0 Å². The van der Waals surface area contributed by atoms with Crippen molar-refractivity contribution in [3.8, 4) is 11.6 Å². The molecule has 33 heavy (non-hydrogen) atoms. The maximum Gasteiger partial charge on any atom is 0.231 e. The number of rotatable bonds is 5. The van der Waals surface area contributed by atoms with E-state index in [0.717, 1.165) is 71.2 Å². The summed E-state index contributed by atoms with van der Waals surface area (Å²) in [7, 11) is 1.67. The zero-order chi connectivity index (χ0) is 22.2. The minimum absolute atomic E-state index is 0.480. The predicted octanol–water partition coefficient (Wildman–Crippen LogP) is 3.89. The van der Waals surface area contributed by atoms with E-state index >= 15 is 0 Å². The van der Waals surface area contributed by atoms with E-state index in [2.05, 4.69) is 35.8 Å². The number of pyridine rings is 1.